The van der Waals surface area contributed by atoms with Gasteiger partial charge in [-0.1, -0.05) is 0 Å². The van der Waals surface area contributed by atoms with Gasteiger partial charge in [-0.25, -0.2) is 0 Å². The summed E-state index contributed by atoms with van der Waals surface area (Å²) in [5.74, 6) is 0. The Morgan fingerprint density at radius 1 is 1.47 bits per heavy atom. The molecule has 1 saturated heterocycles. The molecule has 1 fully saturated rings. The number of nitrogens with two attached hydrogens (primary N) is 1. The number of nitrogen functional groups attached to an aromatic ring is 1. The number of anilines is 2. The van der Waals surface area contributed by atoms with E-state index in [0.29, 0.717) is 0 Å². The van der Waals surface area contributed by atoms with Gasteiger partial charge in [0.1, 0.15) is 0 Å². The zero-order valence-corrected chi connectivity index (χ0v) is 10.7. The van der Waals surface area contributed by atoms with E-state index in [2.05, 4.69) is 39.7 Å². The summed E-state index contributed by atoms with van der Waals surface area (Å²) < 4.78 is 0.984. The van der Waals surface area contributed by atoms with Crippen LogP contribution in [0.3, 0.4) is 0 Å². The molecule has 0 amide bonds. The van der Waals surface area contributed by atoms with Crippen molar-refractivity contribution in [1.29, 1.82) is 0 Å². The molecule has 2 heterocycles. The molecule has 0 atom stereocenters. The maximum Gasteiger partial charge on any atom is 0.0780 e. The molecule has 15 heavy (non-hydrogen) atoms. The minimum atomic E-state index is 0.192. The SMILES string of the molecule is CC1(C)CCCN1c1c(N)cncc1Br. The van der Waals surface area contributed by atoms with Crippen molar-refractivity contribution in [3.05, 3.63) is 16.9 Å². The van der Waals surface area contributed by atoms with Crippen molar-refractivity contribution < 1.29 is 0 Å². The Labute approximate surface area is 98.8 Å². The molecule has 1 aromatic heterocycles. The summed E-state index contributed by atoms with van der Waals surface area (Å²) in [5.41, 5.74) is 8.02. The van der Waals surface area contributed by atoms with E-state index in [4.69, 9.17) is 5.73 Å². The normalized spacial score (nSPS) is 19.5. The maximum atomic E-state index is 5.99. The molecule has 0 aliphatic carbocycles. The Kier molecular flexibility index (Phi) is 2.63. The molecule has 4 heteroatoms. The van der Waals surface area contributed by atoms with Crippen LogP contribution in [0.1, 0.15) is 26.7 Å². The first-order chi connectivity index (χ1) is 7.02. The number of nitrogens with zero attached hydrogens (tertiary/aromatic N) is 2. The first-order valence-corrected chi connectivity index (χ1v) is 5.98. The van der Waals surface area contributed by atoms with Gasteiger partial charge in [-0.05, 0) is 42.6 Å². The summed E-state index contributed by atoms with van der Waals surface area (Å²) >= 11 is 3.52. The second-order valence-corrected chi connectivity index (χ2v) is 5.48. The number of rotatable bonds is 1. The molecule has 0 radical (unpaired) electrons. The van der Waals surface area contributed by atoms with Gasteiger partial charge in [0, 0.05) is 18.3 Å². The monoisotopic (exact) mass is 269 g/mol. The summed E-state index contributed by atoms with van der Waals surface area (Å²) in [6.45, 7) is 5.58. The van der Waals surface area contributed by atoms with Gasteiger partial charge in [0.15, 0.2) is 0 Å². The average molecular weight is 270 g/mol. The fourth-order valence-electron chi connectivity index (χ4n) is 2.25. The van der Waals surface area contributed by atoms with Crippen LogP contribution in [-0.2, 0) is 0 Å². The molecule has 1 aliphatic heterocycles. The summed E-state index contributed by atoms with van der Waals surface area (Å²) in [5, 5.41) is 0. The van der Waals surface area contributed by atoms with E-state index in [0.717, 1.165) is 22.4 Å². The molecule has 0 aromatic carbocycles. The van der Waals surface area contributed by atoms with Crippen LogP contribution in [0.4, 0.5) is 11.4 Å². The number of hydrogen-bond donors (Lipinski definition) is 1. The first-order valence-electron chi connectivity index (χ1n) is 5.19. The summed E-state index contributed by atoms with van der Waals surface area (Å²) in [7, 11) is 0. The van der Waals surface area contributed by atoms with Crippen molar-refractivity contribution >= 4 is 27.3 Å². The van der Waals surface area contributed by atoms with E-state index < -0.39 is 0 Å². The maximum absolute atomic E-state index is 5.99. The molecular weight excluding hydrogens is 254 g/mol. The third-order valence-electron chi connectivity index (χ3n) is 3.07. The minimum Gasteiger partial charge on any atom is -0.396 e. The van der Waals surface area contributed by atoms with Gasteiger partial charge < -0.3 is 10.6 Å². The van der Waals surface area contributed by atoms with Crippen LogP contribution in [0.15, 0.2) is 16.9 Å². The van der Waals surface area contributed by atoms with Crippen molar-refractivity contribution in [3.8, 4) is 0 Å². The quantitative estimate of drug-likeness (QED) is 0.853. The van der Waals surface area contributed by atoms with E-state index in [-0.39, 0.29) is 5.54 Å². The third kappa shape index (κ3) is 1.83. The summed E-state index contributed by atoms with van der Waals surface area (Å²) in [6, 6.07) is 0. The summed E-state index contributed by atoms with van der Waals surface area (Å²) in [4.78, 5) is 6.43. The highest BCUT2D eigenvalue weighted by Crippen LogP contribution is 2.40. The van der Waals surface area contributed by atoms with Crippen molar-refractivity contribution in [3.63, 3.8) is 0 Å². The van der Waals surface area contributed by atoms with Crippen molar-refractivity contribution in [2.75, 3.05) is 17.2 Å². The second-order valence-electron chi connectivity index (χ2n) is 4.63. The van der Waals surface area contributed by atoms with Crippen molar-refractivity contribution in [1.82, 2.24) is 4.98 Å². The fourth-order valence-corrected chi connectivity index (χ4v) is 2.81. The average Bonchev–Trinajstić information content (AvgIpc) is 2.46. The lowest BCUT2D eigenvalue weighted by Crippen LogP contribution is -2.38. The third-order valence-corrected chi connectivity index (χ3v) is 3.65. The van der Waals surface area contributed by atoms with Gasteiger partial charge in [0.2, 0.25) is 0 Å². The molecule has 0 saturated carbocycles. The molecule has 1 aliphatic rings. The van der Waals surface area contributed by atoms with E-state index in [1.807, 2.05) is 0 Å². The molecule has 82 valence electrons. The van der Waals surface area contributed by atoms with Crippen molar-refractivity contribution in [2.45, 2.75) is 32.2 Å². The number of hydrogen-bond acceptors (Lipinski definition) is 3. The Hall–Kier alpha value is -0.770. The standard InChI is InChI=1S/C11H16BrN3/c1-11(2)4-3-5-15(11)10-8(12)6-14-7-9(10)13/h6-7H,3-5,13H2,1-2H3. The van der Waals surface area contributed by atoms with Gasteiger partial charge in [0.25, 0.3) is 0 Å². The van der Waals surface area contributed by atoms with Crippen LogP contribution in [0.5, 0.6) is 0 Å². The minimum absolute atomic E-state index is 0.192. The number of aromatic nitrogens is 1. The molecule has 2 N–H and O–H groups in total. The highest BCUT2D eigenvalue weighted by molar-refractivity contribution is 9.10. The molecule has 0 spiro atoms. The van der Waals surface area contributed by atoms with Gasteiger partial charge >= 0.3 is 0 Å². The lowest BCUT2D eigenvalue weighted by atomic mass is 10.0. The van der Waals surface area contributed by atoms with Gasteiger partial charge in [-0.3, -0.25) is 4.98 Å². The smallest absolute Gasteiger partial charge is 0.0780 e. The molecule has 1 aromatic rings. The number of pyridine rings is 1. The van der Waals surface area contributed by atoms with Crippen LogP contribution < -0.4 is 10.6 Å². The van der Waals surface area contributed by atoms with Crippen LogP contribution in [0, 0.1) is 0 Å². The van der Waals surface area contributed by atoms with E-state index >= 15 is 0 Å². The highest BCUT2D eigenvalue weighted by atomic mass is 79.9. The predicted molar refractivity (Wildman–Crippen MR) is 67.0 cm³/mol. The van der Waals surface area contributed by atoms with Gasteiger partial charge in [0.05, 0.1) is 22.0 Å². The molecule has 0 unspecified atom stereocenters. The largest absolute Gasteiger partial charge is 0.396 e. The van der Waals surface area contributed by atoms with Gasteiger partial charge in [-0.15, -0.1) is 0 Å². The van der Waals surface area contributed by atoms with Crippen LogP contribution in [-0.4, -0.2) is 17.1 Å². The molecular formula is C11H16BrN3. The van der Waals surface area contributed by atoms with E-state index in [1.165, 1.54) is 12.8 Å². The first kappa shape index (κ1) is 10.7. The lowest BCUT2D eigenvalue weighted by molar-refractivity contribution is 0.518. The number of halogens is 1. The summed E-state index contributed by atoms with van der Waals surface area (Å²) in [6.07, 6.45) is 5.96. The highest BCUT2D eigenvalue weighted by Gasteiger charge is 2.33. The zero-order chi connectivity index (χ0) is 11.1. The van der Waals surface area contributed by atoms with Gasteiger partial charge in [-0.2, -0.15) is 0 Å². The van der Waals surface area contributed by atoms with Crippen LogP contribution >= 0.6 is 15.9 Å². The van der Waals surface area contributed by atoms with E-state index in [1.54, 1.807) is 12.4 Å². The Bertz CT molecular complexity index is 356. The topological polar surface area (TPSA) is 42.1 Å². The van der Waals surface area contributed by atoms with Crippen LogP contribution in [0.25, 0.3) is 0 Å². The Morgan fingerprint density at radius 3 is 2.73 bits per heavy atom. The van der Waals surface area contributed by atoms with Crippen LogP contribution in [0.2, 0.25) is 0 Å². The Balaban J connectivity index is 2.45. The molecule has 2 rings (SSSR count). The lowest BCUT2D eigenvalue weighted by Gasteiger charge is -2.35. The fraction of sp³-hybridized carbons (Fsp3) is 0.545. The Morgan fingerprint density at radius 2 is 2.20 bits per heavy atom. The van der Waals surface area contributed by atoms with Crippen molar-refractivity contribution in [2.24, 2.45) is 0 Å². The molecule has 0 bridgehead atoms. The van der Waals surface area contributed by atoms with E-state index in [9.17, 15) is 0 Å². The zero-order valence-electron chi connectivity index (χ0n) is 9.13. The second kappa shape index (κ2) is 3.67. The predicted octanol–water partition coefficient (Wildman–Crippen LogP) is 2.81. The molecule has 3 nitrogen and oxygen atoms in total.